The van der Waals surface area contributed by atoms with Gasteiger partial charge in [0.05, 0.1) is 39.6 Å². The lowest BCUT2D eigenvalue weighted by atomic mass is 9.77. The first-order chi connectivity index (χ1) is 55.6. The zero-order valence-electron chi connectivity index (χ0n) is 81.5. The van der Waals surface area contributed by atoms with Crippen molar-refractivity contribution < 1.29 is 32.8 Å². The lowest BCUT2D eigenvalue weighted by molar-refractivity contribution is 0.0641. The van der Waals surface area contributed by atoms with Gasteiger partial charge in [-0.2, -0.15) is 0 Å². The van der Waals surface area contributed by atoms with Gasteiger partial charge in [-0.25, -0.2) is 4.39 Å². The minimum absolute atomic E-state index is 0. The zero-order valence-corrected chi connectivity index (χ0v) is 81.5. The van der Waals surface area contributed by atoms with Gasteiger partial charge >= 0.3 is 0 Å². The van der Waals surface area contributed by atoms with Gasteiger partial charge < -0.3 is 28.4 Å². The summed E-state index contributed by atoms with van der Waals surface area (Å²) in [4.78, 5) is 0. The quantitative estimate of drug-likeness (QED) is 0.144. The van der Waals surface area contributed by atoms with Crippen molar-refractivity contribution in [3.8, 4) is 34.5 Å². The van der Waals surface area contributed by atoms with Crippen molar-refractivity contribution >= 4 is 0 Å². The van der Waals surface area contributed by atoms with Gasteiger partial charge in [0.25, 0.3) is 0 Å². The SMILES string of the molecule is C.C.CC(C)(C)c1ccc(C2CC2)cc1.CC(C)(C)c1ccc(CC2(F)CCC2)cc1.CC(C)(C)c1ccc2c(c1)CCCO2.CC(C)(C)c1ccc2c(c1)OCCCO2.CC(C)Oc1ccc(C(C)(C)C)cc1.CCOc1ccc(C(C)(C)C)cc1.CCc1ccc(C(C)(C)C)cc1.COc1ccc(C(C)(C)C)cc1.Cc1ccc(C(C)(C)C)cc1. The fourth-order valence-corrected chi connectivity index (χ4v) is 13.3. The molecule has 6 nitrogen and oxygen atoms in total. The van der Waals surface area contributed by atoms with Crippen LogP contribution < -0.4 is 28.4 Å². The van der Waals surface area contributed by atoms with Crippen molar-refractivity contribution in [2.24, 2.45) is 0 Å². The molecular weight excluding hydrogens is 1500 g/mol. The normalized spacial score (nSPS) is 14.1. The van der Waals surface area contributed by atoms with Gasteiger partial charge in [0.1, 0.15) is 28.7 Å². The van der Waals surface area contributed by atoms with Gasteiger partial charge in [0, 0.05) is 12.8 Å². The number of hydrogen-bond acceptors (Lipinski definition) is 6. The topological polar surface area (TPSA) is 55.4 Å². The van der Waals surface area contributed by atoms with Crippen molar-refractivity contribution in [2.75, 3.05) is 33.5 Å². The molecule has 0 bridgehead atoms. The molecule has 0 N–H and O–H groups in total. The average molecular weight is 1670 g/mol. The molecule has 2 fully saturated rings. The summed E-state index contributed by atoms with van der Waals surface area (Å²) in [5, 5.41) is 0. The number of halogens is 1. The van der Waals surface area contributed by atoms with E-state index in [0.29, 0.717) is 11.8 Å². The van der Waals surface area contributed by atoms with E-state index in [0.717, 1.165) is 111 Å². The highest BCUT2D eigenvalue weighted by Gasteiger charge is 2.37. The summed E-state index contributed by atoms with van der Waals surface area (Å²) in [6, 6.07) is 73.0. The summed E-state index contributed by atoms with van der Waals surface area (Å²) in [5.74, 6) is 6.56. The summed E-state index contributed by atoms with van der Waals surface area (Å²) >= 11 is 0. The maximum Gasteiger partial charge on any atom is 0.161 e. The fraction of sp³-hybridized carbons (Fsp3) is 0.530. The minimum atomic E-state index is -0.900. The van der Waals surface area contributed by atoms with Gasteiger partial charge in [-0.05, 0) is 261 Å². The van der Waals surface area contributed by atoms with E-state index in [4.69, 9.17) is 28.4 Å². The third-order valence-electron chi connectivity index (χ3n) is 22.0. The van der Waals surface area contributed by atoms with Crippen LogP contribution in [0.5, 0.6) is 34.5 Å². The second kappa shape index (κ2) is 47.7. The maximum absolute atomic E-state index is 13.9. The van der Waals surface area contributed by atoms with Gasteiger partial charge in [-0.15, -0.1) is 0 Å². The highest BCUT2D eigenvalue weighted by Crippen LogP contribution is 2.42. The lowest BCUT2D eigenvalue weighted by Crippen LogP contribution is -2.34. The number of benzene rings is 9. The third-order valence-corrected chi connectivity index (χ3v) is 22.0. The zero-order chi connectivity index (χ0) is 89.9. The Morgan fingerprint density at radius 1 is 0.361 bits per heavy atom. The average Bonchev–Trinajstić information content (AvgIpc) is 1.33. The van der Waals surface area contributed by atoms with E-state index < -0.39 is 5.67 Å². The van der Waals surface area contributed by atoms with Gasteiger partial charge in [-0.1, -0.05) is 366 Å². The molecule has 0 radical (unpaired) electrons. The van der Waals surface area contributed by atoms with Crippen LogP contribution in [0.2, 0.25) is 0 Å². The Hall–Kier alpha value is -8.29. The number of methoxy groups -OCH3 is 1. The number of alkyl halides is 1. The molecule has 674 valence electrons. The molecule has 2 aliphatic carbocycles. The number of hydrogen-bond donors (Lipinski definition) is 0. The first-order valence-corrected chi connectivity index (χ1v) is 45.0. The molecule has 0 atom stereocenters. The number of aryl methyl sites for hydroxylation is 3. The Morgan fingerprint density at radius 3 is 1.03 bits per heavy atom. The molecule has 0 amide bonds. The monoisotopic (exact) mass is 1670 g/mol. The smallest absolute Gasteiger partial charge is 0.161 e. The van der Waals surface area contributed by atoms with Crippen molar-refractivity contribution in [1.82, 2.24) is 0 Å². The molecular formula is C115H171FO6. The van der Waals surface area contributed by atoms with E-state index >= 15 is 0 Å². The van der Waals surface area contributed by atoms with Crippen LogP contribution in [0.4, 0.5) is 4.39 Å². The van der Waals surface area contributed by atoms with Crippen molar-refractivity contribution in [3.05, 3.63) is 284 Å². The van der Waals surface area contributed by atoms with E-state index in [1.165, 1.54) is 91.6 Å². The summed E-state index contributed by atoms with van der Waals surface area (Å²) in [5.41, 5.74) is 20.3. The minimum Gasteiger partial charge on any atom is -0.497 e. The van der Waals surface area contributed by atoms with Crippen molar-refractivity contribution in [3.63, 3.8) is 0 Å². The predicted molar refractivity (Wildman–Crippen MR) is 530 cm³/mol. The summed E-state index contributed by atoms with van der Waals surface area (Å²) in [6.45, 7) is 73.5. The molecule has 0 aromatic heterocycles. The van der Waals surface area contributed by atoms with Gasteiger partial charge in [0.15, 0.2) is 11.5 Å². The molecule has 0 unspecified atom stereocenters. The Morgan fingerprint density at radius 2 is 0.680 bits per heavy atom. The maximum atomic E-state index is 13.9. The molecule has 2 aliphatic heterocycles. The third kappa shape index (κ3) is 38.9. The first-order valence-electron chi connectivity index (χ1n) is 45.0. The molecule has 0 spiro atoms. The molecule has 9 aromatic carbocycles. The fourth-order valence-electron chi connectivity index (χ4n) is 13.3. The van der Waals surface area contributed by atoms with E-state index in [1.54, 1.807) is 7.11 Å². The van der Waals surface area contributed by atoms with Crippen LogP contribution in [0, 0.1) is 6.92 Å². The number of ether oxygens (including phenoxy) is 6. The molecule has 13 rings (SSSR count). The second-order valence-electron chi connectivity index (χ2n) is 42.8. The number of rotatable bonds is 9. The Bertz CT molecular complexity index is 4320. The van der Waals surface area contributed by atoms with Crippen LogP contribution in [0.1, 0.15) is 358 Å². The standard InChI is InChI=1S/C15H21F.C13H18O2.C13H18O.C13H20O.C13H18.C12H18O.C12H18.C11H16O.C11H16.2CH4/c1-14(2,3)13-7-5-12(6-8-13)11-15(16)9-4-10-15;1-13(2,3)10-5-6-11-12(9-10)15-8-4-7-14-11;1-13(2,3)11-6-7-12-10(9-11)5-4-8-14-12;1-10(2)14-12-8-6-11(7-9-12)13(3,4)5;1-13(2,3)12-8-6-11(7-9-12)10-4-5-10;1-5-13-11-8-6-10(7-9-11)12(2,3)4;1-5-10-6-8-11(9-7-10)12(2,3)4;1-11(2,3)9-5-7-10(12-4)8-6-9;1-9-5-7-10(8-6-9)11(2,3)4;;/h5-8H,4,9-11H2,1-3H3;5-6,9H,4,7-8H2,1-3H3;6-7,9H,4-5,8H2,1-3H3;6-10H,1-5H3;6-10H,4-5H2,1-3H3;6-9H,5H2,1-4H3;6-9H,5H2,1-4H3;5-8H,1-4H3;5-8H,1-4H3;2*1H4. The largest absolute Gasteiger partial charge is 0.497 e. The molecule has 4 aliphatic rings. The van der Waals surface area contributed by atoms with E-state index in [2.05, 4.69) is 365 Å². The van der Waals surface area contributed by atoms with Crippen LogP contribution in [0.25, 0.3) is 0 Å². The van der Waals surface area contributed by atoms with E-state index in [1.807, 2.05) is 63.2 Å². The van der Waals surface area contributed by atoms with Gasteiger partial charge in [-0.3, -0.25) is 0 Å². The summed E-state index contributed by atoms with van der Waals surface area (Å²) in [7, 11) is 1.69. The predicted octanol–water partition coefficient (Wildman–Crippen LogP) is 33.0. The molecule has 122 heavy (non-hydrogen) atoms. The Kier molecular flexibility index (Phi) is 42.2. The van der Waals surface area contributed by atoms with Crippen molar-refractivity contribution in [1.29, 1.82) is 0 Å². The van der Waals surface area contributed by atoms with Gasteiger partial charge in [0.2, 0.25) is 0 Å². The molecule has 9 aromatic rings. The van der Waals surface area contributed by atoms with Crippen LogP contribution in [-0.4, -0.2) is 45.3 Å². The molecule has 2 saturated carbocycles. The van der Waals surface area contributed by atoms with Crippen LogP contribution >= 0.6 is 0 Å². The van der Waals surface area contributed by atoms with Crippen LogP contribution in [0.3, 0.4) is 0 Å². The molecule has 2 heterocycles. The van der Waals surface area contributed by atoms with Crippen LogP contribution in [0.15, 0.2) is 206 Å². The second-order valence-corrected chi connectivity index (χ2v) is 42.8. The van der Waals surface area contributed by atoms with Crippen molar-refractivity contribution in [2.45, 2.75) is 367 Å². The Labute approximate surface area is 747 Å². The molecule has 7 heteroatoms. The summed E-state index contributed by atoms with van der Waals surface area (Å²) in [6.07, 6.45) is 10.6. The van der Waals surface area contributed by atoms with E-state index in [-0.39, 0.29) is 64.3 Å². The first kappa shape index (κ1) is 108. The highest BCUT2D eigenvalue weighted by atomic mass is 19.1. The summed E-state index contributed by atoms with van der Waals surface area (Å²) < 4.78 is 46.8. The Balaban J connectivity index is 0.000000354. The highest BCUT2D eigenvalue weighted by molar-refractivity contribution is 5.46. The number of fused-ring (bicyclic) bond motifs is 2. The van der Waals surface area contributed by atoms with Crippen LogP contribution in [-0.2, 0) is 68.0 Å². The lowest BCUT2D eigenvalue weighted by Gasteiger charge is -2.34. The molecule has 0 saturated heterocycles. The van der Waals surface area contributed by atoms with E-state index in [9.17, 15) is 4.39 Å².